The van der Waals surface area contributed by atoms with Gasteiger partial charge in [-0.3, -0.25) is 0 Å². The SMILES string of the molecule is c1ccc(-c2ccc(-c3ccc(N(c4ccccc4)c4cccc5c4-c4ccccc4-c4cccc(-c6ccc(-c7ccccc7)cc6)c4O5)cc3)cc2)cc1. The van der Waals surface area contributed by atoms with Crippen molar-refractivity contribution in [3.05, 3.63) is 224 Å². The molecule has 0 spiro atoms. The fourth-order valence-electron chi connectivity index (χ4n) is 7.96. The molecule has 1 heterocycles. The fraction of sp³-hybridized carbons (Fsp3) is 0. The maximum Gasteiger partial charge on any atom is 0.143 e. The molecular formula is C54H37NO. The summed E-state index contributed by atoms with van der Waals surface area (Å²) in [6.45, 7) is 0. The second-order valence-electron chi connectivity index (χ2n) is 14.1. The molecule has 0 aliphatic carbocycles. The van der Waals surface area contributed by atoms with Gasteiger partial charge in [0, 0.05) is 28.1 Å². The van der Waals surface area contributed by atoms with Crippen molar-refractivity contribution in [2.24, 2.45) is 0 Å². The van der Waals surface area contributed by atoms with Gasteiger partial charge in [-0.05, 0) is 86.5 Å². The molecule has 0 aromatic heterocycles. The van der Waals surface area contributed by atoms with Crippen molar-refractivity contribution in [1.29, 1.82) is 0 Å². The maximum atomic E-state index is 7.14. The molecule has 0 radical (unpaired) electrons. The summed E-state index contributed by atoms with van der Waals surface area (Å²) < 4.78 is 7.14. The molecule has 0 saturated carbocycles. The van der Waals surface area contributed by atoms with Gasteiger partial charge in [-0.25, -0.2) is 0 Å². The van der Waals surface area contributed by atoms with Gasteiger partial charge in [0.15, 0.2) is 0 Å². The number of para-hydroxylation sites is 2. The van der Waals surface area contributed by atoms with Crippen LogP contribution in [0.3, 0.4) is 0 Å². The summed E-state index contributed by atoms with van der Waals surface area (Å²) >= 11 is 0. The molecule has 0 bridgehead atoms. The number of fused-ring (bicyclic) bond motifs is 5. The lowest BCUT2D eigenvalue weighted by Gasteiger charge is -2.29. The molecule has 2 nitrogen and oxygen atoms in total. The van der Waals surface area contributed by atoms with Crippen LogP contribution in [0.15, 0.2) is 224 Å². The number of benzene rings is 9. The zero-order valence-corrected chi connectivity index (χ0v) is 30.7. The highest BCUT2D eigenvalue weighted by molar-refractivity contribution is 6.00. The Kier molecular flexibility index (Phi) is 8.55. The third kappa shape index (κ3) is 6.14. The van der Waals surface area contributed by atoms with Gasteiger partial charge in [-0.2, -0.15) is 0 Å². The predicted molar refractivity (Wildman–Crippen MR) is 234 cm³/mol. The third-order valence-corrected chi connectivity index (χ3v) is 10.7. The van der Waals surface area contributed by atoms with E-state index in [1.807, 2.05) is 0 Å². The lowest BCUT2D eigenvalue weighted by molar-refractivity contribution is 0.489. The Bertz CT molecular complexity index is 2780. The number of rotatable bonds is 7. The normalized spacial score (nSPS) is 11.4. The smallest absolute Gasteiger partial charge is 0.143 e. The standard InChI is InChI=1S/C54H37NO/c1-4-14-38(15-5-1)40-26-28-42(29-27-40)43-34-36-46(37-35-43)55(45-18-8-3-9-19-45)51-24-13-25-52-53(51)49-21-11-10-20-48(49)50-23-12-22-47(54(50)56-52)44-32-30-41(31-33-44)39-16-6-2-7-17-39/h1-37H. The van der Waals surface area contributed by atoms with Gasteiger partial charge in [0.25, 0.3) is 0 Å². The Hall–Kier alpha value is -7.42. The van der Waals surface area contributed by atoms with E-state index in [-0.39, 0.29) is 0 Å². The van der Waals surface area contributed by atoms with E-state index in [0.717, 1.165) is 61.9 Å². The molecule has 9 aromatic rings. The lowest BCUT2D eigenvalue weighted by atomic mass is 9.91. The van der Waals surface area contributed by atoms with Gasteiger partial charge in [-0.1, -0.05) is 188 Å². The van der Waals surface area contributed by atoms with E-state index in [4.69, 9.17) is 4.74 Å². The van der Waals surface area contributed by atoms with E-state index in [1.165, 1.54) is 33.4 Å². The zero-order valence-electron chi connectivity index (χ0n) is 30.7. The summed E-state index contributed by atoms with van der Waals surface area (Å²) in [5.74, 6) is 1.68. The van der Waals surface area contributed by atoms with Crippen molar-refractivity contribution in [1.82, 2.24) is 0 Å². The van der Waals surface area contributed by atoms with Crippen LogP contribution < -0.4 is 9.64 Å². The molecule has 1 aliphatic heterocycles. The van der Waals surface area contributed by atoms with Crippen molar-refractivity contribution in [2.45, 2.75) is 0 Å². The van der Waals surface area contributed by atoms with Gasteiger partial charge < -0.3 is 9.64 Å². The van der Waals surface area contributed by atoms with Crippen LogP contribution in [0.1, 0.15) is 0 Å². The van der Waals surface area contributed by atoms with Crippen LogP contribution in [0.2, 0.25) is 0 Å². The Balaban J connectivity index is 1.07. The van der Waals surface area contributed by atoms with E-state index >= 15 is 0 Å². The van der Waals surface area contributed by atoms with Crippen molar-refractivity contribution < 1.29 is 4.74 Å². The van der Waals surface area contributed by atoms with E-state index < -0.39 is 0 Å². The maximum absolute atomic E-state index is 7.14. The average Bonchev–Trinajstić information content (AvgIpc) is 3.43. The molecule has 56 heavy (non-hydrogen) atoms. The van der Waals surface area contributed by atoms with Crippen LogP contribution in [0.5, 0.6) is 11.5 Å². The molecule has 0 atom stereocenters. The van der Waals surface area contributed by atoms with Gasteiger partial charge in [0.05, 0.1) is 5.69 Å². The van der Waals surface area contributed by atoms with E-state index in [0.29, 0.717) is 0 Å². The van der Waals surface area contributed by atoms with Crippen LogP contribution in [-0.2, 0) is 0 Å². The zero-order chi connectivity index (χ0) is 37.3. The minimum Gasteiger partial charge on any atom is -0.455 e. The van der Waals surface area contributed by atoms with E-state index in [2.05, 4.69) is 229 Å². The highest BCUT2D eigenvalue weighted by Crippen LogP contribution is 2.54. The number of hydrogen-bond donors (Lipinski definition) is 0. The molecule has 0 amide bonds. The van der Waals surface area contributed by atoms with Crippen molar-refractivity contribution in [2.75, 3.05) is 4.90 Å². The summed E-state index contributed by atoms with van der Waals surface area (Å²) in [6, 6.07) is 79.8. The predicted octanol–water partition coefficient (Wildman–Crippen LogP) is 15.3. The number of nitrogens with zero attached hydrogens (tertiary/aromatic N) is 1. The number of anilines is 3. The highest BCUT2D eigenvalue weighted by Gasteiger charge is 2.28. The topological polar surface area (TPSA) is 12.5 Å². The molecule has 9 aromatic carbocycles. The average molecular weight is 716 g/mol. The van der Waals surface area contributed by atoms with Crippen LogP contribution in [0, 0.1) is 0 Å². The minimum atomic E-state index is 0.818. The Labute approximate surface area is 328 Å². The summed E-state index contributed by atoms with van der Waals surface area (Å²) in [5, 5.41) is 0. The van der Waals surface area contributed by atoms with Crippen molar-refractivity contribution in [3.8, 4) is 78.3 Å². The summed E-state index contributed by atoms with van der Waals surface area (Å²) in [4.78, 5) is 2.35. The van der Waals surface area contributed by atoms with Gasteiger partial charge >= 0.3 is 0 Å². The molecule has 2 heteroatoms. The Morgan fingerprint density at radius 3 is 1.27 bits per heavy atom. The lowest BCUT2D eigenvalue weighted by Crippen LogP contribution is -2.11. The highest BCUT2D eigenvalue weighted by atomic mass is 16.5. The number of hydrogen-bond acceptors (Lipinski definition) is 2. The monoisotopic (exact) mass is 715 g/mol. The molecule has 10 rings (SSSR count). The third-order valence-electron chi connectivity index (χ3n) is 10.7. The van der Waals surface area contributed by atoms with Crippen molar-refractivity contribution >= 4 is 17.1 Å². The summed E-state index contributed by atoms with van der Waals surface area (Å²) in [6.07, 6.45) is 0. The van der Waals surface area contributed by atoms with Gasteiger partial charge in [0.2, 0.25) is 0 Å². The molecule has 0 fully saturated rings. The van der Waals surface area contributed by atoms with Crippen LogP contribution in [0.25, 0.3) is 66.8 Å². The largest absolute Gasteiger partial charge is 0.455 e. The molecule has 0 N–H and O–H groups in total. The first-order valence-corrected chi connectivity index (χ1v) is 19.1. The van der Waals surface area contributed by atoms with Crippen molar-refractivity contribution in [3.63, 3.8) is 0 Å². The first-order chi connectivity index (χ1) is 27.8. The Morgan fingerprint density at radius 2 is 0.679 bits per heavy atom. The molecule has 0 saturated heterocycles. The molecule has 0 unspecified atom stereocenters. The second-order valence-corrected chi connectivity index (χ2v) is 14.1. The summed E-state index contributed by atoms with van der Waals surface area (Å²) in [7, 11) is 0. The summed E-state index contributed by atoms with van der Waals surface area (Å²) in [5.41, 5.74) is 16.9. The van der Waals surface area contributed by atoms with Crippen LogP contribution >= 0.6 is 0 Å². The Morgan fingerprint density at radius 1 is 0.268 bits per heavy atom. The first-order valence-electron chi connectivity index (χ1n) is 19.1. The van der Waals surface area contributed by atoms with Gasteiger partial charge in [0.1, 0.15) is 11.5 Å². The van der Waals surface area contributed by atoms with E-state index in [1.54, 1.807) is 0 Å². The van der Waals surface area contributed by atoms with E-state index in [9.17, 15) is 0 Å². The quantitative estimate of drug-likeness (QED) is 0.163. The van der Waals surface area contributed by atoms with Crippen LogP contribution in [0.4, 0.5) is 17.1 Å². The fourth-order valence-corrected chi connectivity index (χ4v) is 7.96. The minimum absolute atomic E-state index is 0.818. The molecular weight excluding hydrogens is 679 g/mol. The van der Waals surface area contributed by atoms with Gasteiger partial charge in [-0.15, -0.1) is 0 Å². The molecule has 1 aliphatic rings. The number of ether oxygens (including phenoxy) is 1. The van der Waals surface area contributed by atoms with Crippen LogP contribution in [-0.4, -0.2) is 0 Å². The first kappa shape index (κ1) is 33.2. The second kappa shape index (κ2) is 14.4. The molecule has 264 valence electrons.